The first kappa shape index (κ1) is 21.2. The highest BCUT2D eigenvalue weighted by Crippen LogP contribution is 2.28. The molecular weight excluding hydrogens is 410 g/mol. The molecule has 1 fully saturated rings. The predicted molar refractivity (Wildman–Crippen MR) is 117 cm³/mol. The lowest BCUT2D eigenvalue weighted by Gasteiger charge is -2.24. The molecule has 2 aromatic carbocycles. The quantitative estimate of drug-likeness (QED) is 0.575. The number of aromatic nitrogens is 2. The van der Waals surface area contributed by atoms with E-state index in [9.17, 15) is 19.2 Å². The largest absolute Gasteiger partial charge is 0.334 e. The highest BCUT2D eigenvalue weighted by Gasteiger charge is 2.49. The average Bonchev–Trinajstić information content (AvgIpc) is 3.02. The number of urea groups is 1. The van der Waals surface area contributed by atoms with E-state index in [1.807, 2.05) is 6.07 Å². The minimum absolute atomic E-state index is 0.0506. The number of likely N-dealkylation sites (N-methyl/N-ethyl adjacent to an activating group) is 1. The van der Waals surface area contributed by atoms with E-state index in [1.165, 1.54) is 4.90 Å². The Kier molecular flexibility index (Phi) is 5.48. The summed E-state index contributed by atoms with van der Waals surface area (Å²) in [5.74, 6) is -0.588. The van der Waals surface area contributed by atoms with E-state index in [4.69, 9.17) is 0 Å². The van der Waals surface area contributed by atoms with Crippen LogP contribution in [0.1, 0.15) is 25.2 Å². The molecule has 32 heavy (non-hydrogen) atoms. The zero-order chi connectivity index (χ0) is 22.9. The number of carbonyl (C=O) groups excluding carboxylic acids is 3. The van der Waals surface area contributed by atoms with Gasteiger partial charge < -0.3 is 15.2 Å². The first-order chi connectivity index (χ1) is 15.3. The Balaban J connectivity index is 1.52. The molecule has 1 aliphatic rings. The number of fused-ring (bicyclic) bond motifs is 1. The third-order valence-corrected chi connectivity index (χ3v) is 5.66. The van der Waals surface area contributed by atoms with Crippen molar-refractivity contribution in [3.63, 3.8) is 0 Å². The van der Waals surface area contributed by atoms with Crippen molar-refractivity contribution < 1.29 is 14.4 Å². The molecule has 0 unspecified atom stereocenters. The predicted octanol–water partition coefficient (Wildman–Crippen LogP) is 1.74. The van der Waals surface area contributed by atoms with Crippen LogP contribution in [-0.2, 0) is 21.7 Å². The van der Waals surface area contributed by atoms with Crippen LogP contribution < -0.4 is 10.9 Å². The number of para-hydroxylation sites is 1. The smallest absolute Gasteiger partial charge is 0.325 e. The zero-order valence-corrected chi connectivity index (χ0v) is 17.8. The number of nitrogens with zero attached hydrogens (tertiary/aromatic N) is 3. The van der Waals surface area contributed by atoms with Gasteiger partial charge in [-0.25, -0.2) is 9.78 Å². The van der Waals surface area contributed by atoms with E-state index in [0.29, 0.717) is 28.8 Å². The number of benzene rings is 2. The molecule has 9 nitrogen and oxygen atoms in total. The number of nitrogens with one attached hydrogen (secondary N) is 2. The lowest BCUT2D eigenvalue weighted by atomic mass is 9.92. The van der Waals surface area contributed by atoms with Gasteiger partial charge in [0.25, 0.3) is 11.5 Å². The van der Waals surface area contributed by atoms with Gasteiger partial charge in [-0.3, -0.25) is 19.3 Å². The van der Waals surface area contributed by atoms with Crippen molar-refractivity contribution in [1.82, 2.24) is 25.1 Å². The van der Waals surface area contributed by atoms with Crippen molar-refractivity contribution in [2.45, 2.75) is 25.9 Å². The Hall–Kier alpha value is -4.01. The Labute approximate surface area is 184 Å². The number of aromatic amines is 1. The van der Waals surface area contributed by atoms with E-state index >= 15 is 0 Å². The highest BCUT2D eigenvalue weighted by atomic mass is 16.2. The molecule has 3 aromatic rings. The van der Waals surface area contributed by atoms with Gasteiger partial charge in [0, 0.05) is 6.54 Å². The van der Waals surface area contributed by atoms with Crippen LogP contribution in [0.25, 0.3) is 10.9 Å². The van der Waals surface area contributed by atoms with Crippen molar-refractivity contribution in [2.75, 3.05) is 13.1 Å². The van der Waals surface area contributed by atoms with Gasteiger partial charge in [0.15, 0.2) is 0 Å². The number of carbonyl (C=O) groups is 3. The maximum absolute atomic E-state index is 13.0. The molecule has 0 spiro atoms. The van der Waals surface area contributed by atoms with Gasteiger partial charge in [-0.05, 0) is 31.5 Å². The molecular formula is C23H23N5O4. The summed E-state index contributed by atoms with van der Waals surface area (Å²) in [4.78, 5) is 60.3. The van der Waals surface area contributed by atoms with Crippen molar-refractivity contribution in [1.29, 1.82) is 0 Å². The summed E-state index contributed by atoms with van der Waals surface area (Å²) in [6.45, 7) is 3.36. The van der Waals surface area contributed by atoms with Crippen LogP contribution in [0.15, 0.2) is 59.4 Å². The van der Waals surface area contributed by atoms with E-state index in [2.05, 4.69) is 15.3 Å². The first-order valence-electron chi connectivity index (χ1n) is 10.3. The summed E-state index contributed by atoms with van der Waals surface area (Å²) < 4.78 is 0. The third kappa shape index (κ3) is 3.73. The number of amides is 4. The molecule has 2 heterocycles. The van der Waals surface area contributed by atoms with E-state index in [-0.39, 0.29) is 12.1 Å². The van der Waals surface area contributed by atoms with Crippen LogP contribution in [0, 0.1) is 0 Å². The minimum atomic E-state index is -1.24. The van der Waals surface area contributed by atoms with Gasteiger partial charge in [-0.2, -0.15) is 0 Å². The average molecular weight is 433 g/mol. The molecule has 1 saturated heterocycles. The van der Waals surface area contributed by atoms with Gasteiger partial charge in [0.1, 0.15) is 17.9 Å². The molecule has 1 aromatic heterocycles. The van der Waals surface area contributed by atoms with Gasteiger partial charge in [0.2, 0.25) is 5.91 Å². The van der Waals surface area contributed by atoms with Gasteiger partial charge >= 0.3 is 6.03 Å². The molecule has 1 aliphatic heterocycles. The zero-order valence-electron chi connectivity index (χ0n) is 17.8. The summed E-state index contributed by atoms with van der Waals surface area (Å²) in [5.41, 5.74) is -0.358. The number of H-pyrrole nitrogens is 1. The van der Waals surface area contributed by atoms with Crippen molar-refractivity contribution in [3.8, 4) is 0 Å². The van der Waals surface area contributed by atoms with Crippen LogP contribution >= 0.6 is 0 Å². The number of rotatable bonds is 6. The van der Waals surface area contributed by atoms with Crippen molar-refractivity contribution >= 4 is 28.7 Å². The number of hydrogen-bond acceptors (Lipinski definition) is 5. The summed E-state index contributed by atoms with van der Waals surface area (Å²) in [7, 11) is 0. The fraction of sp³-hybridized carbons (Fsp3) is 0.261. The number of imide groups is 1. The molecule has 0 bridgehead atoms. The standard InChI is InChI=1S/C23H23N5O4/c1-3-27(13-18-24-17-12-8-7-11-16(17)20(30)25-18)19(29)14-28-21(31)23(2,26-22(28)32)15-9-5-4-6-10-15/h4-12H,3,13-14H2,1-2H3,(H,26,32)(H,24,25,30)/t23-/m1/s1. The second-order valence-corrected chi connectivity index (χ2v) is 7.75. The summed E-state index contributed by atoms with van der Waals surface area (Å²) in [6, 6.07) is 15.2. The van der Waals surface area contributed by atoms with Gasteiger partial charge in [-0.15, -0.1) is 0 Å². The van der Waals surface area contributed by atoms with Crippen LogP contribution in [0.5, 0.6) is 0 Å². The van der Waals surface area contributed by atoms with Crippen LogP contribution in [0.4, 0.5) is 4.79 Å². The fourth-order valence-electron chi connectivity index (χ4n) is 3.81. The summed E-state index contributed by atoms with van der Waals surface area (Å²) >= 11 is 0. The second-order valence-electron chi connectivity index (χ2n) is 7.75. The molecule has 0 saturated carbocycles. The minimum Gasteiger partial charge on any atom is -0.334 e. The molecule has 1 atom stereocenters. The normalized spacial score (nSPS) is 18.1. The lowest BCUT2D eigenvalue weighted by Crippen LogP contribution is -2.44. The Morgan fingerprint density at radius 3 is 2.47 bits per heavy atom. The fourth-order valence-corrected chi connectivity index (χ4v) is 3.81. The van der Waals surface area contributed by atoms with Crippen molar-refractivity contribution in [2.24, 2.45) is 0 Å². The highest BCUT2D eigenvalue weighted by molar-refractivity contribution is 6.09. The first-order valence-corrected chi connectivity index (χ1v) is 10.3. The molecule has 0 aliphatic carbocycles. The van der Waals surface area contributed by atoms with Gasteiger partial charge in [0.05, 0.1) is 17.4 Å². The number of hydrogen-bond donors (Lipinski definition) is 2. The second kappa shape index (κ2) is 8.26. The monoisotopic (exact) mass is 433 g/mol. The van der Waals surface area contributed by atoms with Crippen LogP contribution in [-0.4, -0.2) is 50.7 Å². The maximum Gasteiger partial charge on any atom is 0.325 e. The Morgan fingerprint density at radius 2 is 1.75 bits per heavy atom. The van der Waals surface area contributed by atoms with Crippen LogP contribution in [0.3, 0.4) is 0 Å². The third-order valence-electron chi connectivity index (χ3n) is 5.66. The van der Waals surface area contributed by atoms with E-state index < -0.39 is 29.9 Å². The Bertz CT molecular complexity index is 1260. The van der Waals surface area contributed by atoms with E-state index in [1.54, 1.807) is 62.4 Å². The van der Waals surface area contributed by atoms with Gasteiger partial charge in [-0.1, -0.05) is 42.5 Å². The molecule has 4 amide bonds. The molecule has 4 rings (SSSR count). The summed E-state index contributed by atoms with van der Waals surface area (Å²) in [6.07, 6.45) is 0. The molecule has 2 N–H and O–H groups in total. The molecule has 0 radical (unpaired) electrons. The summed E-state index contributed by atoms with van der Waals surface area (Å²) in [5, 5.41) is 3.16. The molecule has 164 valence electrons. The van der Waals surface area contributed by atoms with Crippen molar-refractivity contribution in [3.05, 3.63) is 76.3 Å². The SMILES string of the molecule is CCN(Cc1nc2ccccc2c(=O)[nH]1)C(=O)CN1C(=O)N[C@](C)(c2ccccc2)C1=O. The molecule has 9 heteroatoms. The topological polar surface area (TPSA) is 115 Å². The maximum atomic E-state index is 13.0. The van der Waals surface area contributed by atoms with Crippen LogP contribution in [0.2, 0.25) is 0 Å². The lowest BCUT2D eigenvalue weighted by molar-refractivity contribution is -0.139. The Morgan fingerprint density at radius 1 is 1.06 bits per heavy atom. The van der Waals surface area contributed by atoms with E-state index in [0.717, 1.165) is 4.90 Å².